The summed E-state index contributed by atoms with van der Waals surface area (Å²) in [6.07, 6.45) is 0. The van der Waals surface area contributed by atoms with Crippen LogP contribution in [0.3, 0.4) is 0 Å². The number of methoxy groups -OCH3 is 2. The van der Waals surface area contributed by atoms with Gasteiger partial charge in [0.2, 0.25) is 0 Å². The zero-order valence-corrected chi connectivity index (χ0v) is 13.6. The number of hydrogen-bond acceptors (Lipinski definition) is 4. The third kappa shape index (κ3) is 3.27. The summed E-state index contributed by atoms with van der Waals surface area (Å²) < 4.78 is 10.5. The average molecular weight is 321 g/mol. The largest absolute Gasteiger partial charge is 0.508 e. The van der Waals surface area contributed by atoms with Crippen molar-refractivity contribution in [2.75, 3.05) is 19.1 Å². The summed E-state index contributed by atoms with van der Waals surface area (Å²) in [6.45, 7) is 0. The van der Waals surface area contributed by atoms with Crippen LogP contribution < -0.4 is 14.4 Å². The highest BCUT2D eigenvalue weighted by Gasteiger charge is 2.12. The molecule has 0 aliphatic rings. The van der Waals surface area contributed by atoms with Gasteiger partial charge in [-0.25, -0.2) is 0 Å². The van der Waals surface area contributed by atoms with Crippen LogP contribution in [0.1, 0.15) is 0 Å². The topological polar surface area (TPSA) is 41.9 Å². The third-order valence-corrected chi connectivity index (χ3v) is 3.77. The van der Waals surface area contributed by atoms with Crippen LogP contribution in [0, 0.1) is 0 Å². The summed E-state index contributed by atoms with van der Waals surface area (Å²) in [5.74, 6) is 1.85. The predicted octanol–water partition coefficient (Wildman–Crippen LogP) is 4.88. The molecule has 0 saturated carbocycles. The van der Waals surface area contributed by atoms with Gasteiger partial charge >= 0.3 is 0 Å². The zero-order chi connectivity index (χ0) is 16.9. The Hall–Kier alpha value is -3.14. The summed E-state index contributed by atoms with van der Waals surface area (Å²) in [4.78, 5) is 2.10. The Balaban J connectivity index is 2.06. The van der Waals surface area contributed by atoms with E-state index < -0.39 is 0 Å². The maximum atomic E-state index is 9.56. The molecule has 3 aromatic carbocycles. The molecule has 0 bridgehead atoms. The Morgan fingerprint density at radius 1 is 0.583 bits per heavy atom. The Labute approximate surface area is 141 Å². The van der Waals surface area contributed by atoms with E-state index in [1.165, 1.54) is 0 Å². The van der Waals surface area contributed by atoms with Gasteiger partial charge in [0, 0.05) is 17.1 Å². The van der Waals surface area contributed by atoms with E-state index in [9.17, 15) is 5.11 Å². The number of nitrogens with zero attached hydrogens (tertiary/aromatic N) is 1. The van der Waals surface area contributed by atoms with Gasteiger partial charge in [0.15, 0.2) is 0 Å². The highest BCUT2D eigenvalue weighted by molar-refractivity contribution is 5.77. The zero-order valence-electron chi connectivity index (χ0n) is 13.6. The normalized spacial score (nSPS) is 10.2. The minimum atomic E-state index is 0.239. The molecule has 0 heterocycles. The van der Waals surface area contributed by atoms with E-state index in [1.807, 2.05) is 60.7 Å². The standard InChI is InChI=1S/C20H19NO3/c1-23-19-11-5-16(6-12-19)21(15-3-9-18(22)10-4-15)17-7-13-20(24-2)14-8-17/h3-14,22H,1-2H3. The van der Waals surface area contributed by atoms with Gasteiger partial charge < -0.3 is 19.5 Å². The second kappa shape index (κ2) is 6.96. The lowest BCUT2D eigenvalue weighted by Gasteiger charge is -2.25. The number of rotatable bonds is 5. The maximum Gasteiger partial charge on any atom is 0.119 e. The molecule has 4 heteroatoms. The summed E-state index contributed by atoms with van der Waals surface area (Å²) in [5.41, 5.74) is 2.93. The van der Waals surface area contributed by atoms with Crippen LogP contribution in [0.5, 0.6) is 17.2 Å². The molecule has 24 heavy (non-hydrogen) atoms. The second-order valence-electron chi connectivity index (χ2n) is 5.25. The van der Waals surface area contributed by atoms with Crippen molar-refractivity contribution in [1.82, 2.24) is 0 Å². The Morgan fingerprint density at radius 2 is 0.917 bits per heavy atom. The lowest BCUT2D eigenvalue weighted by Crippen LogP contribution is -2.09. The van der Waals surface area contributed by atoms with E-state index in [0.29, 0.717) is 0 Å². The van der Waals surface area contributed by atoms with Crippen molar-refractivity contribution in [3.63, 3.8) is 0 Å². The van der Waals surface area contributed by atoms with Crippen molar-refractivity contribution in [2.24, 2.45) is 0 Å². The smallest absolute Gasteiger partial charge is 0.119 e. The highest BCUT2D eigenvalue weighted by atomic mass is 16.5. The van der Waals surface area contributed by atoms with Crippen molar-refractivity contribution < 1.29 is 14.6 Å². The molecule has 0 saturated heterocycles. The molecule has 0 aliphatic carbocycles. The molecule has 122 valence electrons. The minimum Gasteiger partial charge on any atom is -0.508 e. The summed E-state index contributed by atoms with van der Waals surface area (Å²) in [7, 11) is 3.30. The van der Waals surface area contributed by atoms with E-state index in [0.717, 1.165) is 28.6 Å². The fourth-order valence-electron chi connectivity index (χ4n) is 2.51. The van der Waals surface area contributed by atoms with Crippen molar-refractivity contribution in [3.8, 4) is 17.2 Å². The van der Waals surface area contributed by atoms with E-state index in [1.54, 1.807) is 26.4 Å². The molecule has 0 fully saturated rings. The first-order valence-electron chi connectivity index (χ1n) is 7.58. The number of phenols is 1. The van der Waals surface area contributed by atoms with Gasteiger partial charge in [-0.3, -0.25) is 0 Å². The van der Waals surface area contributed by atoms with Gasteiger partial charge in [0.1, 0.15) is 17.2 Å². The number of benzene rings is 3. The Bertz CT molecular complexity index is 733. The third-order valence-electron chi connectivity index (χ3n) is 3.77. The highest BCUT2D eigenvalue weighted by Crippen LogP contribution is 2.36. The molecule has 0 atom stereocenters. The molecule has 3 aromatic rings. The molecule has 0 unspecified atom stereocenters. The van der Waals surface area contributed by atoms with Crippen LogP contribution in [0.4, 0.5) is 17.1 Å². The molecular formula is C20H19NO3. The van der Waals surface area contributed by atoms with Crippen molar-refractivity contribution in [3.05, 3.63) is 72.8 Å². The van der Waals surface area contributed by atoms with Gasteiger partial charge in [-0.2, -0.15) is 0 Å². The molecule has 0 aliphatic heterocycles. The molecule has 0 spiro atoms. The molecule has 0 radical (unpaired) electrons. The molecule has 3 rings (SSSR count). The van der Waals surface area contributed by atoms with Crippen LogP contribution in [0.25, 0.3) is 0 Å². The van der Waals surface area contributed by atoms with E-state index in [2.05, 4.69) is 4.90 Å². The summed E-state index contributed by atoms with van der Waals surface area (Å²) in [6, 6.07) is 22.8. The van der Waals surface area contributed by atoms with Crippen LogP contribution >= 0.6 is 0 Å². The fourth-order valence-corrected chi connectivity index (χ4v) is 2.51. The first-order chi connectivity index (χ1) is 11.7. The predicted molar refractivity (Wildman–Crippen MR) is 95.9 cm³/mol. The maximum absolute atomic E-state index is 9.56. The van der Waals surface area contributed by atoms with Crippen molar-refractivity contribution >= 4 is 17.1 Å². The van der Waals surface area contributed by atoms with Gasteiger partial charge in [0.05, 0.1) is 14.2 Å². The quantitative estimate of drug-likeness (QED) is 0.727. The monoisotopic (exact) mass is 321 g/mol. The molecule has 0 amide bonds. The number of aromatic hydroxyl groups is 1. The van der Waals surface area contributed by atoms with Crippen LogP contribution in [-0.4, -0.2) is 19.3 Å². The van der Waals surface area contributed by atoms with Crippen molar-refractivity contribution in [1.29, 1.82) is 0 Å². The number of anilines is 3. The van der Waals surface area contributed by atoms with E-state index >= 15 is 0 Å². The van der Waals surface area contributed by atoms with Gasteiger partial charge in [0.25, 0.3) is 0 Å². The molecule has 4 nitrogen and oxygen atoms in total. The first kappa shape index (κ1) is 15.7. The van der Waals surface area contributed by atoms with Crippen LogP contribution in [0.15, 0.2) is 72.8 Å². The Morgan fingerprint density at radius 3 is 1.25 bits per heavy atom. The summed E-state index contributed by atoms with van der Waals surface area (Å²) >= 11 is 0. The molecule has 0 aromatic heterocycles. The van der Waals surface area contributed by atoms with E-state index in [-0.39, 0.29) is 5.75 Å². The molecular weight excluding hydrogens is 302 g/mol. The molecule has 1 N–H and O–H groups in total. The average Bonchev–Trinajstić information content (AvgIpc) is 2.64. The number of hydrogen-bond donors (Lipinski definition) is 1. The van der Waals surface area contributed by atoms with Crippen LogP contribution in [0.2, 0.25) is 0 Å². The van der Waals surface area contributed by atoms with Gasteiger partial charge in [-0.15, -0.1) is 0 Å². The van der Waals surface area contributed by atoms with Crippen molar-refractivity contribution in [2.45, 2.75) is 0 Å². The van der Waals surface area contributed by atoms with Crippen LogP contribution in [-0.2, 0) is 0 Å². The minimum absolute atomic E-state index is 0.239. The van der Waals surface area contributed by atoms with E-state index in [4.69, 9.17) is 9.47 Å². The number of ether oxygens (including phenoxy) is 2. The number of phenolic OH excluding ortho intramolecular Hbond substituents is 1. The lowest BCUT2D eigenvalue weighted by atomic mass is 10.2. The lowest BCUT2D eigenvalue weighted by molar-refractivity contribution is 0.415. The first-order valence-corrected chi connectivity index (χ1v) is 7.58. The second-order valence-corrected chi connectivity index (χ2v) is 5.25. The van der Waals surface area contributed by atoms with Gasteiger partial charge in [-0.05, 0) is 72.8 Å². The van der Waals surface area contributed by atoms with Gasteiger partial charge in [-0.1, -0.05) is 0 Å². The Kier molecular flexibility index (Phi) is 4.57. The SMILES string of the molecule is COc1ccc(N(c2ccc(O)cc2)c2ccc(OC)cc2)cc1. The fraction of sp³-hybridized carbons (Fsp3) is 0.100. The summed E-state index contributed by atoms with van der Waals surface area (Å²) in [5, 5.41) is 9.56.